The molecule has 1 saturated heterocycles. The largest absolute Gasteiger partial charge is 0.456 e. The van der Waals surface area contributed by atoms with E-state index < -0.39 is 0 Å². The van der Waals surface area contributed by atoms with Crippen LogP contribution in [-0.2, 0) is 11.3 Å². The minimum atomic E-state index is -0.0746. The first-order chi connectivity index (χ1) is 10.3. The summed E-state index contributed by atoms with van der Waals surface area (Å²) in [7, 11) is 0. The lowest BCUT2D eigenvalue weighted by Gasteiger charge is -2.12. The molecule has 3 rings (SSSR count). The van der Waals surface area contributed by atoms with Gasteiger partial charge >= 0.3 is 0 Å². The van der Waals surface area contributed by atoms with Gasteiger partial charge in [0, 0.05) is 6.08 Å². The second-order valence-corrected chi connectivity index (χ2v) is 5.86. The van der Waals surface area contributed by atoms with Gasteiger partial charge in [-0.3, -0.25) is 4.79 Å². The van der Waals surface area contributed by atoms with Crippen LogP contribution in [0.1, 0.15) is 18.6 Å². The molecule has 0 bridgehead atoms. The van der Waals surface area contributed by atoms with E-state index in [0.29, 0.717) is 23.9 Å². The first kappa shape index (κ1) is 13.9. The second-order valence-electron chi connectivity index (χ2n) is 4.63. The number of tetrazole rings is 1. The van der Waals surface area contributed by atoms with Gasteiger partial charge in [0.05, 0.1) is 6.54 Å². The summed E-state index contributed by atoms with van der Waals surface area (Å²) < 4.78 is 5.54. The minimum absolute atomic E-state index is 0.0746. The Morgan fingerprint density at radius 3 is 3.05 bits per heavy atom. The standard InChI is InChI=1S/C13H15N5O2S/c19-12(7-9-3-5-21-6-4-9)14-8-10-1-2-11(20-10)13-15-17-18-16-13/h1-2,7H,3-6,8H2,(H,14,19)(H,15,16,17,18). The van der Waals surface area contributed by atoms with Gasteiger partial charge in [0.25, 0.3) is 0 Å². The van der Waals surface area contributed by atoms with Crippen molar-refractivity contribution in [1.29, 1.82) is 0 Å². The number of allylic oxidation sites excluding steroid dienone is 1. The van der Waals surface area contributed by atoms with Gasteiger partial charge in [0.2, 0.25) is 11.7 Å². The molecule has 1 fully saturated rings. The van der Waals surface area contributed by atoms with Crippen LogP contribution in [0.15, 0.2) is 28.2 Å². The quantitative estimate of drug-likeness (QED) is 0.832. The summed E-state index contributed by atoms with van der Waals surface area (Å²) in [4.78, 5) is 11.8. The van der Waals surface area contributed by atoms with E-state index in [-0.39, 0.29) is 5.91 Å². The van der Waals surface area contributed by atoms with E-state index in [0.717, 1.165) is 24.3 Å². The van der Waals surface area contributed by atoms with Gasteiger partial charge in [-0.05, 0) is 41.7 Å². The number of carbonyl (C=O) groups is 1. The number of aromatic amines is 1. The van der Waals surface area contributed by atoms with Crippen molar-refractivity contribution in [3.8, 4) is 11.6 Å². The van der Waals surface area contributed by atoms with Crippen LogP contribution in [0.4, 0.5) is 0 Å². The van der Waals surface area contributed by atoms with Crippen molar-refractivity contribution in [3.63, 3.8) is 0 Å². The SMILES string of the molecule is O=C(C=C1CCSCC1)NCc1ccc(-c2nn[nH]n2)o1. The molecule has 1 aliphatic rings. The van der Waals surface area contributed by atoms with Crippen LogP contribution in [0.25, 0.3) is 11.6 Å². The van der Waals surface area contributed by atoms with Gasteiger partial charge in [0.1, 0.15) is 5.76 Å². The number of carbonyl (C=O) groups excluding carboxylic acids is 1. The molecule has 0 radical (unpaired) electrons. The van der Waals surface area contributed by atoms with Crippen LogP contribution in [0.5, 0.6) is 0 Å². The Labute approximate surface area is 125 Å². The van der Waals surface area contributed by atoms with E-state index in [4.69, 9.17) is 4.42 Å². The molecule has 8 heteroatoms. The fourth-order valence-electron chi connectivity index (χ4n) is 2.05. The van der Waals surface area contributed by atoms with Gasteiger partial charge in [-0.25, -0.2) is 0 Å². The first-order valence-corrected chi connectivity index (χ1v) is 7.84. The third-order valence-corrected chi connectivity index (χ3v) is 4.12. The van der Waals surface area contributed by atoms with Crippen LogP contribution in [0.2, 0.25) is 0 Å². The van der Waals surface area contributed by atoms with E-state index >= 15 is 0 Å². The van der Waals surface area contributed by atoms with Crippen LogP contribution < -0.4 is 5.32 Å². The highest BCUT2D eigenvalue weighted by molar-refractivity contribution is 7.99. The molecular weight excluding hydrogens is 290 g/mol. The molecule has 7 nitrogen and oxygen atoms in total. The zero-order valence-corrected chi connectivity index (χ0v) is 12.2. The number of thioether (sulfide) groups is 1. The molecule has 0 unspecified atom stereocenters. The van der Waals surface area contributed by atoms with Gasteiger partial charge in [-0.1, -0.05) is 5.57 Å². The number of nitrogens with zero attached hydrogens (tertiary/aromatic N) is 3. The lowest BCUT2D eigenvalue weighted by molar-refractivity contribution is -0.116. The summed E-state index contributed by atoms with van der Waals surface area (Å²) in [6.07, 6.45) is 3.71. The molecule has 0 saturated carbocycles. The maximum Gasteiger partial charge on any atom is 0.244 e. The summed E-state index contributed by atoms with van der Waals surface area (Å²) in [6, 6.07) is 3.54. The number of furan rings is 1. The highest BCUT2D eigenvalue weighted by Gasteiger charge is 2.10. The number of rotatable bonds is 4. The summed E-state index contributed by atoms with van der Waals surface area (Å²) in [5, 5.41) is 16.3. The number of nitrogens with one attached hydrogen (secondary N) is 2. The average molecular weight is 305 g/mol. The maximum absolute atomic E-state index is 11.8. The number of hydrogen-bond donors (Lipinski definition) is 2. The third kappa shape index (κ3) is 3.72. The summed E-state index contributed by atoms with van der Waals surface area (Å²) in [5.74, 6) is 3.71. The van der Waals surface area contributed by atoms with Crippen LogP contribution in [0.3, 0.4) is 0 Å². The van der Waals surface area contributed by atoms with Gasteiger partial charge in [0.15, 0.2) is 5.76 Å². The monoisotopic (exact) mass is 305 g/mol. The second kappa shape index (κ2) is 6.57. The van der Waals surface area contributed by atoms with Gasteiger partial charge in [-0.2, -0.15) is 17.0 Å². The fourth-order valence-corrected chi connectivity index (χ4v) is 3.07. The number of H-pyrrole nitrogens is 1. The molecule has 0 spiro atoms. The number of amides is 1. The molecule has 0 aliphatic carbocycles. The summed E-state index contributed by atoms with van der Waals surface area (Å²) in [5.41, 5.74) is 1.22. The van der Waals surface area contributed by atoms with Crippen molar-refractivity contribution in [1.82, 2.24) is 25.9 Å². The van der Waals surface area contributed by atoms with E-state index in [1.165, 1.54) is 5.57 Å². The van der Waals surface area contributed by atoms with E-state index in [1.54, 1.807) is 18.2 Å². The Morgan fingerprint density at radius 2 is 2.29 bits per heavy atom. The molecule has 2 N–H and O–H groups in total. The molecule has 21 heavy (non-hydrogen) atoms. The summed E-state index contributed by atoms with van der Waals surface area (Å²) >= 11 is 1.93. The van der Waals surface area contributed by atoms with Crippen LogP contribution in [0, 0.1) is 0 Å². The van der Waals surface area contributed by atoms with Crippen LogP contribution in [-0.4, -0.2) is 38.0 Å². The highest BCUT2D eigenvalue weighted by atomic mass is 32.2. The van der Waals surface area contributed by atoms with Gasteiger partial charge < -0.3 is 9.73 Å². The minimum Gasteiger partial charge on any atom is -0.456 e. The maximum atomic E-state index is 11.8. The highest BCUT2D eigenvalue weighted by Crippen LogP contribution is 2.21. The van der Waals surface area contributed by atoms with E-state index in [9.17, 15) is 4.79 Å². The third-order valence-electron chi connectivity index (χ3n) is 3.13. The lowest BCUT2D eigenvalue weighted by Crippen LogP contribution is -2.21. The van der Waals surface area contributed by atoms with E-state index in [2.05, 4.69) is 25.9 Å². The van der Waals surface area contributed by atoms with Crippen molar-refractivity contribution in [2.75, 3.05) is 11.5 Å². The topological polar surface area (TPSA) is 96.7 Å². The predicted octanol–water partition coefficient (Wildman–Crippen LogP) is 1.53. The molecule has 0 aromatic carbocycles. The Morgan fingerprint density at radius 1 is 1.43 bits per heavy atom. The first-order valence-electron chi connectivity index (χ1n) is 6.69. The lowest BCUT2D eigenvalue weighted by atomic mass is 10.1. The molecule has 110 valence electrons. The van der Waals surface area contributed by atoms with Crippen molar-refractivity contribution < 1.29 is 9.21 Å². The molecular formula is C13H15N5O2S. The number of hydrogen-bond acceptors (Lipinski definition) is 6. The average Bonchev–Trinajstić information content (AvgIpc) is 3.17. The van der Waals surface area contributed by atoms with Crippen molar-refractivity contribution >= 4 is 17.7 Å². The number of aromatic nitrogens is 4. The molecule has 3 heterocycles. The fraction of sp³-hybridized carbons (Fsp3) is 0.385. The van der Waals surface area contributed by atoms with Crippen molar-refractivity contribution in [2.45, 2.75) is 19.4 Å². The normalized spacial score (nSPS) is 15.0. The smallest absolute Gasteiger partial charge is 0.244 e. The Hall–Kier alpha value is -2.09. The zero-order chi connectivity index (χ0) is 14.5. The molecule has 1 amide bonds. The molecule has 0 atom stereocenters. The van der Waals surface area contributed by atoms with Crippen LogP contribution >= 0.6 is 11.8 Å². The predicted molar refractivity (Wildman–Crippen MR) is 78.4 cm³/mol. The van der Waals surface area contributed by atoms with Crippen molar-refractivity contribution in [3.05, 3.63) is 29.5 Å². The molecule has 1 aliphatic heterocycles. The molecule has 2 aromatic heterocycles. The van der Waals surface area contributed by atoms with Gasteiger partial charge in [-0.15, -0.1) is 10.2 Å². The van der Waals surface area contributed by atoms with Crippen molar-refractivity contribution in [2.24, 2.45) is 0 Å². The Kier molecular flexibility index (Phi) is 4.34. The van der Waals surface area contributed by atoms with E-state index in [1.807, 2.05) is 11.8 Å². The zero-order valence-electron chi connectivity index (χ0n) is 11.3. The Balaban J connectivity index is 1.54. The Bertz CT molecular complexity index is 627. The summed E-state index contributed by atoms with van der Waals surface area (Å²) in [6.45, 7) is 0.342. The molecule has 2 aromatic rings.